The maximum absolute atomic E-state index is 12.9. The van der Waals surface area contributed by atoms with E-state index in [1.54, 1.807) is 19.1 Å². The van der Waals surface area contributed by atoms with Crippen LogP contribution in [0.3, 0.4) is 0 Å². The molecule has 0 aliphatic carbocycles. The van der Waals surface area contributed by atoms with Crippen LogP contribution in [0.5, 0.6) is 11.5 Å². The lowest BCUT2D eigenvalue weighted by molar-refractivity contribution is -0.183. The number of carbonyl (C=O) groups is 1. The second kappa shape index (κ2) is 7.19. The summed E-state index contributed by atoms with van der Waals surface area (Å²) in [5.41, 5.74) is 1.21. The van der Waals surface area contributed by atoms with Gasteiger partial charge in [-0.1, -0.05) is 0 Å². The molecule has 1 heterocycles. The van der Waals surface area contributed by atoms with E-state index < -0.39 is 18.1 Å². The highest BCUT2D eigenvalue weighted by Gasteiger charge is 2.42. The van der Waals surface area contributed by atoms with Crippen LogP contribution in [0.4, 0.5) is 23.7 Å². The molecule has 0 aromatic heterocycles. The van der Waals surface area contributed by atoms with Gasteiger partial charge in [0.25, 0.3) is 0 Å². The van der Waals surface area contributed by atoms with Gasteiger partial charge in [0.15, 0.2) is 11.5 Å². The zero-order chi connectivity index (χ0) is 17.9. The number of ether oxygens (including phenoxy) is 2. The van der Waals surface area contributed by atoms with Crippen molar-refractivity contribution in [2.45, 2.75) is 25.9 Å². The van der Waals surface area contributed by atoms with Crippen molar-refractivity contribution in [1.82, 2.24) is 4.90 Å². The summed E-state index contributed by atoms with van der Waals surface area (Å²) in [6, 6.07) is 2.75. The Morgan fingerprint density at radius 3 is 2.46 bits per heavy atom. The first-order valence-electron chi connectivity index (χ1n) is 7.61. The van der Waals surface area contributed by atoms with Gasteiger partial charge >= 0.3 is 12.2 Å². The van der Waals surface area contributed by atoms with Gasteiger partial charge in [0.05, 0.1) is 20.1 Å². The third-order valence-electron chi connectivity index (χ3n) is 4.14. The Bertz CT molecular complexity index is 605. The summed E-state index contributed by atoms with van der Waals surface area (Å²) in [7, 11) is 2.97. The van der Waals surface area contributed by atoms with Crippen molar-refractivity contribution in [1.29, 1.82) is 0 Å². The molecule has 5 nitrogen and oxygen atoms in total. The number of aryl methyl sites for hydroxylation is 1. The Balaban J connectivity index is 2.12. The van der Waals surface area contributed by atoms with Crippen LogP contribution in [0, 0.1) is 12.8 Å². The highest BCUT2D eigenvalue weighted by atomic mass is 19.4. The summed E-state index contributed by atoms with van der Waals surface area (Å²) in [5, 5.41) is 2.66. The number of hydrogen-bond acceptors (Lipinski definition) is 3. The van der Waals surface area contributed by atoms with Gasteiger partial charge < -0.3 is 19.7 Å². The first-order valence-corrected chi connectivity index (χ1v) is 7.61. The molecular weight excluding hydrogens is 325 g/mol. The Hall–Kier alpha value is -2.12. The topological polar surface area (TPSA) is 50.8 Å². The lowest BCUT2D eigenvalue weighted by Gasteiger charge is -2.33. The number of halogens is 3. The van der Waals surface area contributed by atoms with Crippen LogP contribution in [0.15, 0.2) is 12.1 Å². The normalized spacial score (nSPS) is 18.2. The average Bonchev–Trinajstić information content (AvgIpc) is 2.55. The van der Waals surface area contributed by atoms with E-state index in [0.29, 0.717) is 30.2 Å². The van der Waals surface area contributed by atoms with Crippen LogP contribution in [0.2, 0.25) is 0 Å². The van der Waals surface area contributed by atoms with Crippen molar-refractivity contribution in [3.05, 3.63) is 17.7 Å². The molecule has 1 aliphatic rings. The first-order chi connectivity index (χ1) is 11.3. The van der Waals surface area contributed by atoms with E-state index in [9.17, 15) is 18.0 Å². The molecule has 8 heteroatoms. The predicted molar refractivity (Wildman–Crippen MR) is 83.7 cm³/mol. The van der Waals surface area contributed by atoms with Crippen molar-refractivity contribution in [2.75, 3.05) is 32.6 Å². The van der Waals surface area contributed by atoms with Crippen molar-refractivity contribution in [3.63, 3.8) is 0 Å². The van der Waals surface area contributed by atoms with Gasteiger partial charge in [-0.3, -0.25) is 0 Å². The van der Waals surface area contributed by atoms with Gasteiger partial charge in [0.1, 0.15) is 0 Å². The molecule has 0 unspecified atom stereocenters. The Kier molecular flexibility index (Phi) is 5.46. The van der Waals surface area contributed by atoms with Crippen molar-refractivity contribution >= 4 is 11.7 Å². The highest BCUT2D eigenvalue weighted by molar-refractivity contribution is 5.90. The monoisotopic (exact) mass is 346 g/mol. The second-order valence-electron chi connectivity index (χ2n) is 5.78. The molecule has 1 fully saturated rings. The van der Waals surface area contributed by atoms with Crippen LogP contribution < -0.4 is 14.8 Å². The molecule has 2 rings (SSSR count). The minimum absolute atomic E-state index is 0.0582. The third kappa shape index (κ3) is 4.04. The zero-order valence-corrected chi connectivity index (χ0v) is 13.9. The largest absolute Gasteiger partial charge is 0.493 e. The van der Waals surface area contributed by atoms with E-state index in [0.717, 1.165) is 5.56 Å². The van der Waals surface area contributed by atoms with Gasteiger partial charge in [0, 0.05) is 24.8 Å². The minimum atomic E-state index is -4.28. The lowest BCUT2D eigenvalue weighted by Crippen LogP contribution is -2.46. The van der Waals surface area contributed by atoms with E-state index in [2.05, 4.69) is 5.32 Å². The summed E-state index contributed by atoms with van der Waals surface area (Å²) >= 11 is 0. The number of amides is 2. The minimum Gasteiger partial charge on any atom is -0.493 e. The standard InChI is InChI=1S/C16H21F3N2O3/c1-10-7-13(23-2)14(24-3)8-12(10)20-15(22)21-6-4-5-11(9-21)16(17,18)19/h7-8,11H,4-6,9H2,1-3H3,(H,20,22)/t11-/m0/s1. The summed E-state index contributed by atoms with van der Waals surface area (Å²) in [6.07, 6.45) is -3.89. The molecule has 0 spiro atoms. The fourth-order valence-corrected chi connectivity index (χ4v) is 2.74. The molecule has 0 saturated carbocycles. The number of hydrogen-bond donors (Lipinski definition) is 1. The molecule has 2 amide bonds. The Morgan fingerprint density at radius 2 is 1.88 bits per heavy atom. The maximum Gasteiger partial charge on any atom is 0.393 e. The van der Waals surface area contributed by atoms with E-state index >= 15 is 0 Å². The summed E-state index contributed by atoms with van der Waals surface area (Å²) < 4.78 is 48.9. The van der Waals surface area contributed by atoms with E-state index in [1.165, 1.54) is 19.1 Å². The van der Waals surface area contributed by atoms with E-state index in [4.69, 9.17) is 9.47 Å². The number of alkyl halides is 3. The van der Waals surface area contributed by atoms with Crippen molar-refractivity contribution in [2.24, 2.45) is 5.92 Å². The number of methoxy groups -OCH3 is 2. The summed E-state index contributed by atoms with van der Waals surface area (Å²) in [4.78, 5) is 13.5. The van der Waals surface area contributed by atoms with Gasteiger partial charge in [0.2, 0.25) is 0 Å². The molecule has 1 aliphatic heterocycles. The average molecular weight is 346 g/mol. The fraction of sp³-hybridized carbons (Fsp3) is 0.562. The number of nitrogens with zero attached hydrogens (tertiary/aromatic N) is 1. The molecule has 134 valence electrons. The quantitative estimate of drug-likeness (QED) is 0.905. The Morgan fingerprint density at radius 1 is 1.25 bits per heavy atom. The maximum atomic E-state index is 12.9. The number of rotatable bonds is 3. The molecule has 0 radical (unpaired) electrons. The van der Waals surface area contributed by atoms with Gasteiger partial charge in [-0.2, -0.15) is 13.2 Å². The first kappa shape index (κ1) is 18.2. The van der Waals surface area contributed by atoms with Crippen LogP contribution in [0.1, 0.15) is 18.4 Å². The number of nitrogens with one attached hydrogen (secondary N) is 1. The summed E-state index contributed by atoms with van der Waals surface area (Å²) in [5.74, 6) is -0.517. The lowest BCUT2D eigenvalue weighted by atomic mass is 9.98. The molecule has 24 heavy (non-hydrogen) atoms. The third-order valence-corrected chi connectivity index (χ3v) is 4.14. The van der Waals surface area contributed by atoms with Gasteiger partial charge in [-0.05, 0) is 31.4 Å². The molecule has 1 atom stereocenters. The fourth-order valence-electron chi connectivity index (χ4n) is 2.74. The smallest absolute Gasteiger partial charge is 0.393 e. The zero-order valence-electron chi connectivity index (χ0n) is 13.9. The number of anilines is 1. The van der Waals surface area contributed by atoms with Crippen LogP contribution in [-0.4, -0.2) is 44.4 Å². The molecule has 1 aromatic carbocycles. The number of likely N-dealkylation sites (tertiary alicyclic amines) is 1. The number of carbonyl (C=O) groups excluding carboxylic acids is 1. The second-order valence-corrected chi connectivity index (χ2v) is 5.78. The van der Waals surface area contributed by atoms with Gasteiger partial charge in [-0.25, -0.2) is 4.79 Å². The number of urea groups is 1. The summed E-state index contributed by atoms with van der Waals surface area (Å²) in [6.45, 7) is 1.76. The Labute approximate surface area is 138 Å². The van der Waals surface area contributed by atoms with Crippen LogP contribution >= 0.6 is 0 Å². The van der Waals surface area contributed by atoms with Crippen LogP contribution in [0.25, 0.3) is 0 Å². The van der Waals surface area contributed by atoms with E-state index in [1.807, 2.05) is 0 Å². The molecule has 1 N–H and O–H groups in total. The number of piperidine rings is 1. The van der Waals surface area contributed by atoms with Crippen molar-refractivity contribution in [3.8, 4) is 11.5 Å². The molecular formula is C16H21F3N2O3. The van der Waals surface area contributed by atoms with Crippen LogP contribution in [-0.2, 0) is 0 Å². The molecule has 1 saturated heterocycles. The van der Waals surface area contributed by atoms with Gasteiger partial charge in [-0.15, -0.1) is 0 Å². The number of benzene rings is 1. The van der Waals surface area contributed by atoms with E-state index in [-0.39, 0.29) is 13.0 Å². The molecule has 1 aromatic rings. The molecule has 0 bridgehead atoms. The van der Waals surface area contributed by atoms with Crippen molar-refractivity contribution < 1.29 is 27.4 Å². The highest BCUT2D eigenvalue weighted by Crippen LogP contribution is 2.35. The SMILES string of the molecule is COc1cc(C)c(NC(=O)N2CCC[C@H](C(F)(F)F)C2)cc1OC. The predicted octanol–water partition coefficient (Wildman–Crippen LogP) is 3.82.